The lowest BCUT2D eigenvalue weighted by atomic mass is 10.0. The summed E-state index contributed by atoms with van der Waals surface area (Å²) in [5.74, 6) is -1.01. The van der Waals surface area contributed by atoms with Crippen LogP contribution in [0.5, 0.6) is 5.75 Å². The second-order valence-electron chi connectivity index (χ2n) is 4.70. The molecule has 1 fully saturated rings. The third kappa shape index (κ3) is 6.18. The molecule has 9 heteroatoms. The lowest BCUT2D eigenvalue weighted by Gasteiger charge is -2.33. The zero-order valence-electron chi connectivity index (χ0n) is 12.1. The summed E-state index contributed by atoms with van der Waals surface area (Å²) in [5, 5.41) is 3.16. The molecule has 0 radical (unpaired) electrons. The molecule has 132 valence electrons. The Morgan fingerprint density at radius 3 is 2.35 bits per heavy atom. The molecule has 1 N–H and O–H groups in total. The fourth-order valence-electron chi connectivity index (χ4n) is 2.38. The molecule has 1 aliphatic heterocycles. The van der Waals surface area contributed by atoms with Gasteiger partial charge in [-0.05, 0) is 18.2 Å². The molecule has 1 aliphatic rings. The molecule has 0 aliphatic carbocycles. The predicted molar refractivity (Wildman–Crippen MR) is 85.0 cm³/mol. The number of piperazine rings is 1. The summed E-state index contributed by atoms with van der Waals surface area (Å²) < 4.78 is 54.6. The highest BCUT2D eigenvalue weighted by Gasteiger charge is 2.32. The van der Waals surface area contributed by atoms with Gasteiger partial charge in [-0.15, -0.1) is 44.6 Å². The van der Waals surface area contributed by atoms with E-state index in [0.717, 1.165) is 31.3 Å². The lowest BCUT2D eigenvalue weighted by Crippen LogP contribution is -2.44. The Balaban J connectivity index is 0.00000242. The minimum Gasteiger partial charge on any atom is -0.406 e. The largest absolute Gasteiger partial charge is 0.573 e. The molecule has 23 heavy (non-hydrogen) atoms. The second-order valence-corrected chi connectivity index (χ2v) is 4.70. The van der Waals surface area contributed by atoms with Gasteiger partial charge in [-0.2, -0.15) is 0 Å². The minimum absolute atomic E-state index is 0. The summed E-state index contributed by atoms with van der Waals surface area (Å²) in [5.41, 5.74) is 0.133. The van der Waals surface area contributed by atoms with Crippen LogP contribution in [0, 0.1) is 5.82 Å². The van der Waals surface area contributed by atoms with E-state index in [9.17, 15) is 17.6 Å². The van der Waals surface area contributed by atoms with Gasteiger partial charge in [-0.3, -0.25) is 4.90 Å². The van der Waals surface area contributed by atoms with Crippen molar-refractivity contribution in [3.8, 4) is 5.75 Å². The van der Waals surface area contributed by atoms with E-state index >= 15 is 0 Å². The summed E-state index contributed by atoms with van der Waals surface area (Å²) in [7, 11) is 0. The van der Waals surface area contributed by atoms with Gasteiger partial charge in [0, 0.05) is 31.7 Å². The Morgan fingerprint density at radius 2 is 1.83 bits per heavy atom. The monoisotopic (exact) mass is 376 g/mol. The normalized spacial score (nSPS) is 16.7. The average molecular weight is 377 g/mol. The second kappa shape index (κ2) is 9.32. The van der Waals surface area contributed by atoms with Crippen LogP contribution < -0.4 is 10.1 Å². The number of ether oxygens (including phenoxy) is 1. The average Bonchev–Trinajstić information content (AvgIpc) is 2.43. The fourth-order valence-corrected chi connectivity index (χ4v) is 2.38. The van der Waals surface area contributed by atoms with Crippen molar-refractivity contribution in [2.24, 2.45) is 0 Å². The van der Waals surface area contributed by atoms with Gasteiger partial charge < -0.3 is 10.1 Å². The topological polar surface area (TPSA) is 24.5 Å². The molecule has 0 saturated carbocycles. The minimum atomic E-state index is -4.80. The Morgan fingerprint density at radius 1 is 1.22 bits per heavy atom. The highest BCUT2D eigenvalue weighted by Crippen LogP contribution is 2.30. The third-order valence-electron chi connectivity index (χ3n) is 3.29. The van der Waals surface area contributed by atoms with Crippen molar-refractivity contribution in [1.82, 2.24) is 10.2 Å². The van der Waals surface area contributed by atoms with Crippen molar-refractivity contribution in [3.05, 3.63) is 42.2 Å². The highest BCUT2D eigenvalue weighted by molar-refractivity contribution is 5.85. The van der Waals surface area contributed by atoms with Crippen LogP contribution in [0.15, 0.2) is 30.9 Å². The number of nitrogens with zero attached hydrogens (tertiary/aromatic N) is 1. The van der Waals surface area contributed by atoms with E-state index in [1.54, 1.807) is 0 Å². The standard InChI is InChI=1S/C14H16F4N2O.2ClH/c1-2-13(20-7-5-19-6-8-20)11-9-10(3-4-12(11)15)21-14(16,17)18;;/h2-4,9,13,19H,1,5-8H2;2*1H/t13-;;/m0../s1. The van der Waals surface area contributed by atoms with E-state index in [-0.39, 0.29) is 30.4 Å². The summed E-state index contributed by atoms with van der Waals surface area (Å²) >= 11 is 0. The van der Waals surface area contributed by atoms with Crippen LogP contribution in [0.4, 0.5) is 17.6 Å². The van der Waals surface area contributed by atoms with Crippen molar-refractivity contribution in [1.29, 1.82) is 0 Å². The maximum atomic E-state index is 14.0. The SMILES string of the molecule is C=C[C@@H](c1cc(OC(F)(F)F)ccc1F)N1CCNCC1.Cl.Cl. The molecule has 1 saturated heterocycles. The maximum Gasteiger partial charge on any atom is 0.573 e. The smallest absolute Gasteiger partial charge is 0.406 e. The van der Waals surface area contributed by atoms with Crippen molar-refractivity contribution in [3.63, 3.8) is 0 Å². The first kappa shape index (κ1) is 22.0. The summed E-state index contributed by atoms with van der Waals surface area (Å²) in [6.07, 6.45) is -3.27. The molecule has 0 unspecified atom stereocenters. The van der Waals surface area contributed by atoms with Crippen molar-refractivity contribution in [2.75, 3.05) is 26.2 Å². The van der Waals surface area contributed by atoms with Gasteiger partial charge in [-0.1, -0.05) is 6.08 Å². The van der Waals surface area contributed by atoms with E-state index in [1.807, 2.05) is 4.90 Å². The van der Waals surface area contributed by atoms with Crippen molar-refractivity contribution in [2.45, 2.75) is 12.4 Å². The fraction of sp³-hybridized carbons (Fsp3) is 0.429. The van der Waals surface area contributed by atoms with Gasteiger partial charge in [0.2, 0.25) is 0 Å². The lowest BCUT2D eigenvalue weighted by molar-refractivity contribution is -0.274. The molecular formula is C14H18Cl2F4N2O. The van der Waals surface area contributed by atoms with E-state index in [1.165, 1.54) is 6.08 Å². The molecule has 0 bridgehead atoms. The van der Waals surface area contributed by atoms with E-state index < -0.39 is 24.0 Å². The molecule has 0 spiro atoms. The Labute approximate surface area is 144 Å². The van der Waals surface area contributed by atoms with Crippen molar-refractivity contribution < 1.29 is 22.3 Å². The quantitative estimate of drug-likeness (QED) is 0.640. The van der Waals surface area contributed by atoms with Gasteiger partial charge in [-0.25, -0.2) is 4.39 Å². The summed E-state index contributed by atoms with van der Waals surface area (Å²) in [6.45, 7) is 6.48. The van der Waals surface area contributed by atoms with Crippen molar-refractivity contribution >= 4 is 24.8 Å². The molecule has 0 aromatic heterocycles. The summed E-state index contributed by atoms with van der Waals surface area (Å²) in [4.78, 5) is 1.96. The molecule has 1 atom stereocenters. The Bertz CT molecular complexity index is 508. The molecule has 1 aromatic carbocycles. The summed E-state index contributed by atoms with van der Waals surface area (Å²) in [6, 6.07) is 2.54. The molecule has 0 amide bonds. The van der Waals surface area contributed by atoms with Gasteiger partial charge in [0.15, 0.2) is 0 Å². The number of rotatable bonds is 4. The van der Waals surface area contributed by atoms with Gasteiger partial charge in [0.25, 0.3) is 0 Å². The van der Waals surface area contributed by atoms with E-state index in [4.69, 9.17) is 0 Å². The maximum absolute atomic E-state index is 14.0. The molecule has 1 aromatic rings. The van der Waals surface area contributed by atoms with Crippen LogP contribution in [0.25, 0.3) is 0 Å². The van der Waals surface area contributed by atoms with E-state index in [2.05, 4.69) is 16.6 Å². The first-order chi connectivity index (χ1) is 9.90. The molecule has 1 heterocycles. The van der Waals surface area contributed by atoms with Gasteiger partial charge in [0.1, 0.15) is 11.6 Å². The first-order valence-corrected chi connectivity index (χ1v) is 6.53. The number of benzene rings is 1. The number of hydrogen-bond donors (Lipinski definition) is 1. The molecule has 2 rings (SSSR count). The third-order valence-corrected chi connectivity index (χ3v) is 3.29. The Hall–Kier alpha value is -1.02. The number of alkyl halides is 3. The van der Waals surface area contributed by atoms with Crippen LogP contribution in [0.3, 0.4) is 0 Å². The number of hydrogen-bond acceptors (Lipinski definition) is 3. The van der Waals surface area contributed by atoms with E-state index in [0.29, 0.717) is 13.1 Å². The van der Waals surface area contributed by atoms with Gasteiger partial charge in [0.05, 0.1) is 6.04 Å². The number of nitrogens with one attached hydrogen (secondary N) is 1. The van der Waals surface area contributed by atoms with Crippen LogP contribution in [0.2, 0.25) is 0 Å². The Kier molecular flexibility index (Phi) is 8.90. The van der Waals surface area contributed by atoms with Crippen LogP contribution in [-0.2, 0) is 0 Å². The first-order valence-electron chi connectivity index (χ1n) is 6.53. The highest BCUT2D eigenvalue weighted by atomic mass is 35.5. The molecular weight excluding hydrogens is 359 g/mol. The number of halogens is 6. The zero-order valence-corrected chi connectivity index (χ0v) is 13.7. The van der Waals surface area contributed by atoms with Gasteiger partial charge >= 0.3 is 6.36 Å². The van der Waals surface area contributed by atoms with Crippen LogP contribution in [-0.4, -0.2) is 37.4 Å². The zero-order chi connectivity index (χ0) is 15.5. The van der Waals surface area contributed by atoms with Crippen LogP contribution in [0.1, 0.15) is 11.6 Å². The molecule has 3 nitrogen and oxygen atoms in total. The van der Waals surface area contributed by atoms with Crippen LogP contribution >= 0.6 is 24.8 Å². The predicted octanol–water partition coefficient (Wildman–Crippen LogP) is 3.70.